The Morgan fingerprint density at radius 1 is 0.805 bits per heavy atom. The number of hydrogen-bond donors (Lipinski definition) is 0. The second-order valence-electron chi connectivity index (χ2n) is 9.83. The van der Waals surface area contributed by atoms with Crippen LogP contribution in [-0.2, 0) is 9.84 Å². The van der Waals surface area contributed by atoms with Crippen LogP contribution in [0.3, 0.4) is 0 Å². The molecule has 10 heteroatoms. The van der Waals surface area contributed by atoms with Crippen LogP contribution in [0.2, 0.25) is 0 Å². The Morgan fingerprint density at radius 2 is 1.46 bits per heavy atom. The van der Waals surface area contributed by atoms with Crippen molar-refractivity contribution in [2.75, 3.05) is 33.4 Å². The minimum atomic E-state index is -5.45. The van der Waals surface area contributed by atoms with Crippen LogP contribution in [-0.4, -0.2) is 52.2 Å². The molecule has 1 aliphatic rings. The first kappa shape index (κ1) is 28.8. The highest BCUT2D eigenvalue weighted by Crippen LogP contribution is 2.41. The van der Waals surface area contributed by atoms with Crippen LogP contribution in [0.4, 0.5) is 13.2 Å². The Bertz CT molecular complexity index is 1600. The van der Waals surface area contributed by atoms with Crippen LogP contribution in [0.1, 0.15) is 19.3 Å². The van der Waals surface area contributed by atoms with Crippen molar-refractivity contribution in [2.45, 2.75) is 29.7 Å². The molecule has 1 heterocycles. The standard InChI is InChI=1S/C31H30F3NO5S/c1-38-26-12-16-29-23(21-26)7-15-28(22-5-13-27(14-6-22)41(36,37)31(32,33)34)30(29)40-25-10-8-24(9-11-25)39-20-19-35-17-3-2-4-18-35/h5-16,21H,2-4,17-20H2,1H3. The normalized spacial score (nSPS) is 14.6. The van der Waals surface area contributed by atoms with E-state index in [9.17, 15) is 21.6 Å². The van der Waals surface area contributed by atoms with Crippen molar-refractivity contribution in [3.05, 3.63) is 78.9 Å². The summed E-state index contributed by atoms with van der Waals surface area (Å²) in [5.74, 6) is 2.38. The van der Waals surface area contributed by atoms with E-state index in [0.29, 0.717) is 35.0 Å². The molecule has 1 aliphatic heterocycles. The number of hydrogen-bond acceptors (Lipinski definition) is 6. The Labute approximate surface area is 237 Å². The Hall–Kier alpha value is -3.76. The number of fused-ring (bicyclic) bond motifs is 1. The van der Waals surface area contributed by atoms with Crippen molar-refractivity contribution >= 4 is 20.6 Å². The maximum atomic E-state index is 13.0. The first-order chi connectivity index (χ1) is 19.7. The second kappa shape index (κ2) is 12.0. The van der Waals surface area contributed by atoms with E-state index in [1.165, 1.54) is 31.4 Å². The summed E-state index contributed by atoms with van der Waals surface area (Å²) in [5.41, 5.74) is -4.30. The van der Waals surface area contributed by atoms with E-state index in [1.54, 1.807) is 31.4 Å². The maximum absolute atomic E-state index is 13.0. The largest absolute Gasteiger partial charge is 0.501 e. The number of halogens is 3. The zero-order valence-corrected chi connectivity index (χ0v) is 23.3. The van der Waals surface area contributed by atoms with Crippen molar-refractivity contribution in [2.24, 2.45) is 0 Å². The molecule has 0 atom stereocenters. The smallest absolute Gasteiger partial charge is 0.497 e. The van der Waals surface area contributed by atoms with Gasteiger partial charge in [0.2, 0.25) is 0 Å². The van der Waals surface area contributed by atoms with Gasteiger partial charge in [0.05, 0.1) is 12.0 Å². The Balaban J connectivity index is 1.42. The molecule has 0 unspecified atom stereocenters. The van der Waals surface area contributed by atoms with E-state index in [4.69, 9.17) is 14.2 Å². The highest BCUT2D eigenvalue weighted by Gasteiger charge is 2.46. The number of benzene rings is 4. The lowest BCUT2D eigenvalue weighted by Gasteiger charge is -2.26. The minimum absolute atomic E-state index is 0.468. The molecule has 0 N–H and O–H groups in total. The average Bonchev–Trinajstić information content (AvgIpc) is 2.98. The fourth-order valence-electron chi connectivity index (χ4n) is 4.89. The van der Waals surface area contributed by atoms with Gasteiger partial charge in [-0.3, -0.25) is 4.90 Å². The molecule has 0 bridgehead atoms. The summed E-state index contributed by atoms with van der Waals surface area (Å²) in [6, 6.07) is 20.9. The first-order valence-electron chi connectivity index (χ1n) is 13.3. The lowest BCUT2D eigenvalue weighted by Crippen LogP contribution is -2.33. The quantitative estimate of drug-likeness (QED) is 0.203. The van der Waals surface area contributed by atoms with Crippen molar-refractivity contribution in [1.82, 2.24) is 4.90 Å². The number of ether oxygens (including phenoxy) is 3. The summed E-state index contributed by atoms with van der Waals surface area (Å²) < 4.78 is 80.4. The summed E-state index contributed by atoms with van der Waals surface area (Å²) in [7, 11) is -3.88. The molecular formula is C31H30F3NO5S. The predicted octanol–water partition coefficient (Wildman–Crippen LogP) is 7.47. The molecule has 4 aromatic rings. The molecule has 6 nitrogen and oxygen atoms in total. The summed E-state index contributed by atoms with van der Waals surface area (Å²) in [5, 5.41) is 1.58. The SMILES string of the molecule is COc1ccc2c(Oc3ccc(OCCN4CCCCC4)cc3)c(-c3ccc(S(=O)(=O)C(F)(F)F)cc3)ccc2c1. The van der Waals surface area contributed by atoms with Gasteiger partial charge in [-0.15, -0.1) is 0 Å². The Morgan fingerprint density at radius 3 is 2.12 bits per heavy atom. The number of sulfone groups is 1. The number of piperidine rings is 1. The molecule has 0 radical (unpaired) electrons. The molecule has 5 rings (SSSR count). The summed E-state index contributed by atoms with van der Waals surface area (Å²) >= 11 is 0. The van der Waals surface area contributed by atoms with Crippen LogP contribution in [0.25, 0.3) is 21.9 Å². The van der Waals surface area contributed by atoms with Crippen molar-refractivity contribution < 1.29 is 35.8 Å². The van der Waals surface area contributed by atoms with Gasteiger partial charge in [0.1, 0.15) is 29.6 Å². The van der Waals surface area contributed by atoms with Gasteiger partial charge in [0.15, 0.2) is 0 Å². The van der Waals surface area contributed by atoms with Gasteiger partial charge in [0.25, 0.3) is 9.84 Å². The van der Waals surface area contributed by atoms with Gasteiger partial charge in [-0.05, 0) is 97.5 Å². The van der Waals surface area contributed by atoms with Crippen LogP contribution in [0.15, 0.2) is 83.8 Å². The average molecular weight is 586 g/mol. The fourth-order valence-corrected chi connectivity index (χ4v) is 5.65. The van der Waals surface area contributed by atoms with Gasteiger partial charge in [-0.1, -0.05) is 24.6 Å². The summed E-state index contributed by atoms with van der Waals surface area (Å²) in [6.07, 6.45) is 3.74. The van der Waals surface area contributed by atoms with Gasteiger partial charge in [0, 0.05) is 17.5 Å². The van der Waals surface area contributed by atoms with Crippen molar-refractivity contribution in [3.8, 4) is 34.1 Å². The number of nitrogens with zero attached hydrogens (tertiary/aromatic N) is 1. The van der Waals surface area contributed by atoms with Crippen LogP contribution in [0.5, 0.6) is 23.0 Å². The molecule has 216 valence electrons. The van der Waals surface area contributed by atoms with Crippen LogP contribution >= 0.6 is 0 Å². The van der Waals surface area contributed by atoms with Crippen LogP contribution in [0, 0.1) is 0 Å². The Kier molecular flexibility index (Phi) is 8.42. The number of methoxy groups -OCH3 is 1. The van der Waals surface area contributed by atoms with Crippen molar-refractivity contribution in [1.29, 1.82) is 0 Å². The minimum Gasteiger partial charge on any atom is -0.497 e. The molecular weight excluding hydrogens is 555 g/mol. The highest BCUT2D eigenvalue weighted by molar-refractivity contribution is 7.92. The third-order valence-electron chi connectivity index (χ3n) is 7.13. The van der Waals surface area contributed by atoms with E-state index < -0.39 is 20.2 Å². The zero-order valence-electron chi connectivity index (χ0n) is 22.5. The van der Waals surface area contributed by atoms with E-state index in [1.807, 2.05) is 30.3 Å². The lowest BCUT2D eigenvalue weighted by molar-refractivity contribution is -0.0436. The van der Waals surface area contributed by atoms with E-state index in [2.05, 4.69) is 4.90 Å². The lowest BCUT2D eigenvalue weighted by atomic mass is 9.99. The molecule has 0 aromatic heterocycles. The molecule has 0 amide bonds. The van der Waals surface area contributed by atoms with Crippen molar-refractivity contribution in [3.63, 3.8) is 0 Å². The highest BCUT2D eigenvalue weighted by atomic mass is 32.2. The zero-order chi connectivity index (χ0) is 29.0. The third-order valence-corrected chi connectivity index (χ3v) is 8.63. The third kappa shape index (κ3) is 6.44. The van der Waals surface area contributed by atoms with E-state index in [-0.39, 0.29) is 0 Å². The molecule has 4 aromatic carbocycles. The van der Waals surface area contributed by atoms with Gasteiger partial charge < -0.3 is 14.2 Å². The molecule has 0 aliphatic carbocycles. The molecule has 41 heavy (non-hydrogen) atoms. The maximum Gasteiger partial charge on any atom is 0.501 e. The summed E-state index contributed by atoms with van der Waals surface area (Å²) in [4.78, 5) is 1.58. The van der Waals surface area contributed by atoms with Gasteiger partial charge >= 0.3 is 5.51 Å². The molecule has 1 fully saturated rings. The second-order valence-corrected chi connectivity index (χ2v) is 11.8. The summed E-state index contributed by atoms with van der Waals surface area (Å²) in [6.45, 7) is 3.69. The van der Waals surface area contributed by atoms with Gasteiger partial charge in [-0.25, -0.2) is 8.42 Å². The van der Waals surface area contributed by atoms with E-state index >= 15 is 0 Å². The number of alkyl halides is 3. The first-order valence-corrected chi connectivity index (χ1v) is 14.8. The molecule has 0 spiro atoms. The fraction of sp³-hybridized carbons (Fsp3) is 0.290. The molecule has 0 saturated carbocycles. The predicted molar refractivity (Wildman–Crippen MR) is 151 cm³/mol. The van der Waals surface area contributed by atoms with Crippen LogP contribution < -0.4 is 14.2 Å². The number of rotatable bonds is 9. The molecule has 1 saturated heterocycles. The van der Waals surface area contributed by atoms with E-state index in [0.717, 1.165) is 48.3 Å². The monoisotopic (exact) mass is 585 g/mol. The topological polar surface area (TPSA) is 65.1 Å². The van der Waals surface area contributed by atoms with Gasteiger partial charge in [-0.2, -0.15) is 13.2 Å². The number of likely N-dealkylation sites (tertiary alicyclic amines) is 1.